The van der Waals surface area contributed by atoms with Crippen molar-refractivity contribution in [2.24, 2.45) is 13.0 Å². The van der Waals surface area contributed by atoms with Crippen molar-refractivity contribution < 1.29 is 19.1 Å². The molecule has 3 aliphatic rings. The Balaban J connectivity index is 1.27. The molecule has 0 bridgehead atoms. The van der Waals surface area contributed by atoms with Crippen LogP contribution in [0.15, 0.2) is 48.5 Å². The number of fused-ring (bicyclic) bond motifs is 2. The predicted molar refractivity (Wildman–Crippen MR) is 144 cm³/mol. The minimum atomic E-state index is -0.841. The summed E-state index contributed by atoms with van der Waals surface area (Å²) in [6.07, 6.45) is 3.40. The minimum Gasteiger partial charge on any atom is -0.481 e. The van der Waals surface area contributed by atoms with Crippen molar-refractivity contribution in [3.05, 3.63) is 82.3 Å². The van der Waals surface area contributed by atoms with Gasteiger partial charge in [0.25, 0.3) is 5.91 Å². The lowest BCUT2D eigenvalue weighted by Gasteiger charge is -2.35. The van der Waals surface area contributed by atoms with Gasteiger partial charge in [0.2, 0.25) is 0 Å². The van der Waals surface area contributed by atoms with E-state index in [0.717, 1.165) is 24.8 Å². The van der Waals surface area contributed by atoms with Gasteiger partial charge in [0, 0.05) is 13.6 Å². The first kappa shape index (κ1) is 24.0. The predicted octanol–water partition coefficient (Wildman–Crippen LogP) is 5.60. The molecule has 1 N–H and O–H groups in total. The van der Waals surface area contributed by atoms with Crippen molar-refractivity contribution in [2.75, 3.05) is 6.54 Å². The Bertz CT molecular complexity index is 1670. The lowest BCUT2D eigenvalue weighted by atomic mass is 9.93. The van der Waals surface area contributed by atoms with Gasteiger partial charge in [-0.15, -0.1) is 0 Å². The van der Waals surface area contributed by atoms with Gasteiger partial charge in [-0.1, -0.05) is 30.3 Å². The Hall–Kier alpha value is -4.07. The molecule has 7 rings (SSSR count). The first-order valence-electron chi connectivity index (χ1n) is 13.6. The number of rotatable bonds is 5. The van der Waals surface area contributed by atoms with Gasteiger partial charge in [-0.3, -0.25) is 9.59 Å². The molecule has 39 heavy (non-hydrogen) atoms. The van der Waals surface area contributed by atoms with E-state index in [2.05, 4.69) is 19.1 Å². The molecular weight excluding hydrogens is 495 g/mol. The van der Waals surface area contributed by atoms with Crippen LogP contribution in [0.25, 0.3) is 22.6 Å². The van der Waals surface area contributed by atoms with Gasteiger partial charge in [-0.2, -0.15) is 0 Å². The van der Waals surface area contributed by atoms with E-state index in [4.69, 9.17) is 9.97 Å². The van der Waals surface area contributed by atoms with Gasteiger partial charge < -0.3 is 14.6 Å². The molecule has 2 saturated carbocycles. The highest BCUT2D eigenvalue weighted by Gasteiger charge is 2.44. The maximum Gasteiger partial charge on any atom is 0.307 e. The SMILES string of the molecule is C[C@@H]1c2ccccc2CCN1C(=O)c1cc(C2CC2)c2nc(-c3ccc(C4CC4C(=O)O)cc3F)n(C)c2n1. The highest BCUT2D eigenvalue weighted by molar-refractivity contribution is 5.96. The van der Waals surface area contributed by atoms with Crippen LogP contribution in [0.5, 0.6) is 0 Å². The number of imidazole rings is 1. The Labute approximate surface area is 225 Å². The molecule has 3 heterocycles. The summed E-state index contributed by atoms with van der Waals surface area (Å²) in [5.74, 6) is -1.20. The highest BCUT2D eigenvalue weighted by atomic mass is 19.1. The zero-order chi connectivity index (χ0) is 27.0. The molecule has 2 aliphatic carbocycles. The lowest BCUT2D eigenvalue weighted by Crippen LogP contribution is -2.39. The molecule has 8 heteroatoms. The number of nitrogens with zero attached hydrogens (tertiary/aromatic N) is 4. The van der Waals surface area contributed by atoms with Crippen LogP contribution in [-0.4, -0.2) is 43.0 Å². The zero-order valence-corrected chi connectivity index (χ0v) is 21.9. The van der Waals surface area contributed by atoms with Crippen molar-refractivity contribution in [1.29, 1.82) is 0 Å². The van der Waals surface area contributed by atoms with Crippen LogP contribution >= 0.6 is 0 Å². The molecule has 0 spiro atoms. The maximum atomic E-state index is 15.4. The molecule has 3 atom stereocenters. The standard InChI is InChI=1S/C31H29FN4O3/c1-16-20-6-4-3-5-17(20)11-12-36(16)30(37)26-15-23(18-7-8-18)27-29(33-26)35(2)28(34-27)21-10-9-19(13-25(21)32)22-14-24(22)31(38)39/h3-6,9-10,13,15-16,18,22,24H,7-8,11-12,14H2,1-2H3,(H,38,39)/t16-,22?,24?/m1/s1. The van der Waals surface area contributed by atoms with Crippen LogP contribution in [-0.2, 0) is 18.3 Å². The maximum absolute atomic E-state index is 15.4. The van der Waals surface area contributed by atoms with Crippen LogP contribution in [0.4, 0.5) is 4.39 Å². The van der Waals surface area contributed by atoms with E-state index in [9.17, 15) is 14.7 Å². The number of amides is 1. The molecule has 0 saturated heterocycles. The van der Waals surface area contributed by atoms with Crippen LogP contribution < -0.4 is 0 Å². The third kappa shape index (κ3) is 3.92. The van der Waals surface area contributed by atoms with Crippen LogP contribution in [0, 0.1) is 11.7 Å². The number of aliphatic carboxylic acids is 1. The summed E-state index contributed by atoms with van der Waals surface area (Å²) in [6.45, 7) is 2.69. The second-order valence-corrected chi connectivity index (χ2v) is 11.2. The Morgan fingerprint density at radius 2 is 1.85 bits per heavy atom. The van der Waals surface area contributed by atoms with E-state index >= 15 is 4.39 Å². The third-order valence-corrected chi connectivity index (χ3v) is 8.72. The molecule has 7 nitrogen and oxygen atoms in total. The summed E-state index contributed by atoms with van der Waals surface area (Å²) < 4.78 is 17.1. The Morgan fingerprint density at radius 1 is 1.05 bits per heavy atom. The van der Waals surface area contributed by atoms with Crippen LogP contribution in [0.1, 0.15) is 76.8 Å². The number of halogens is 1. The van der Waals surface area contributed by atoms with Crippen LogP contribution in [0.2, 0.25) is 0 Å². The van der Waals surface area contributed by atoms with Gasteiger partial charge in [0.1, 0.15) is 22.9 Å². The Morgan fingerprint density at radius 3 is 2.56 bits per heavy atom. The fourth-order valence-corrected chi connectivity index (χ4v) is 6.21. The van der Waals surface area contributed by atoms with Gasteiger partial charge in [0.15, 0.2) is 5.65 Å². The van der Waals surface area contributed by atoms with Crippen molar-refractivity contribution in [1.82, 2.24) is 19.4 Å². The fraction of sp³-hybridized carbons (Fsp3) is 0.355. The number of aryl methyl sites for hydroxylation is 1. The Kier molecular flexibility index (Phi) is 5.37. The zero-order valence-electron chi connectivity index (χ0n) is 21.9. The van der Waals surface area contributed by atoms with Crippen molar-refractivity contribution in [3.8, 4) is 11.4 Å². The summed E-state index contributed by atoms with van der Waals surface area (Å²) in [4.78, 5) is 36.6. The average molecular weight is 525 g/mol. The number of carbonyl (C=O) groups excluding carboxylic acids is 1. The van der Waals surface area contributed by atoms with Gasteiger partial charge >= 0.3 is 5.97 Å². The minimum absolute atomic E-state index is 0.0498. The summed E-state index contributed by atoms with van der Waals surface area (Å²) in [6, 6.07) is 15.0. The first-order chi connectivity index (χ1) is 18.8. The van der Waals surface area contributed by atoms with E-state index in [1.54, 1.807) is 23.7 Å². The molecule has 2 aromatic heterocycles. The third-order valence-electron chi connectivity index (χ3n) is 8.72. The van der Waals surface area contributed by atoms with Gasteiger partial charge in [-0.05, 0) is 84.9 Å². The van der Waals surface area contributed by atoms with Crippen molar-refractivity contribution in [3.63, 3.8) is 0 Å². The molecule has 4 aromatic rings. The fourth-order valence-electron chi connectivity index (χ4n) is 6.21. The lowest BCUT2D eigenvalue weighted by molar-refractivity contribution is -0.138. The van der Waals surface area contributed by atoms with Gasteiger partial charge in [0.05, 0.1) is 17.5 Å². The molecule has 2 fully saturated rings. The first-order valence-corrected chi connectivity index (χ1v) is 13.6. The summed E-state index contributed by atoms with van der Waals surface area (Å²) in [5, 5.41) is 9.24. The summed E-state index contributed by atoms with van der Waals surface area (Å²) >= 11 is 0. The molecule has 2 unspecified atom stereocenters. The summed E-state index contributed by atoms with van der Waals surface area (Å²) in [5.41, 5.74) is 6.15. The number of hydrogen-bond donors (Lipinski definition) is 1. The molecule has 198 valence electrons. The van der Waals surface area contributed by atoms with Crippen LogP contribution in [0.3, 0.4) is 0 Å². The molecule has 2 aromatic carbocycles. The number of carboxylic acids is 1. The van der Waals surface area contributed by atoms with E-state index in [0.29, 0.717) is 52.7 Å². The average Bonchev–Trinajstić information content (AvgIpc) is 3.86. The number of pyridine rings is 1. The number of carboxylic acid groups (broad SMARTS) is 1. The highest BCUT2D eigenvalue weighted by Crippen LogP contribution is 2.48. The molecular formula is C31H29FN4O3. The van der Waals surface area contributed by atoms with Crippen molar-refractivity contribution >= 4 is 23.0 Å². The second kappa shape index (κ2) is 8.73. The monoisotopic (exact) mass is 524 g/mol. The quantitative estimate of drug-likeness (QED) is 0.367. The molecule has 0 radical (unpaired) electrons. The van der Waals surface area contributed by atoms with E-state index in [-0.39, 0.29) is 17.9 Å². The normalized spacial score (nSPS) is 22.1. The number of aromatic nitrogens is 3. The summed E-state index contributed by atoms with van der Waals surface area (Å²) in [7, 11) is 1.80. The van der Waals surface area contributed by atoms with E-state index in [1.165, 1.54) is 17.2 Å². The second-order valence-electron chi connectivity index (χ2n) is 11.2. The molecule has 1 amide bonds. The van der Waals surface area contributed by atoms with E-state index in [1.807, 2.05) is 23.1 Å². The molecule has 1 aliphatic heterocycles. The number of hydrogen-bond acceptors (Lipinski definition) is 4. The number of carbonyl (C=O) groups is 2. The van der Waals surface area contributed by atoms with Gasteiger partial charge in [-0.25, -0.2) is 14.4 Å². The topological polar surface area (TPSA) is 88.3 Å². The largest absolute Gasteiger partial charge is 0.481 e. The number of benzene rings is 2. The smallest absolute Gasteiger partial charge is 0.307 e. The van der Waals surface area contributed by atoms with E-state index < -0.39 is 17.7 Å². The van der Waals surface area contributed by atoms with Crippen molar-refractivity contribution in [2.45, 2.75) is 50.5 Å².